The molecule has 0 amide bonds. The fourth-order valence-electron chi connectivity index (χ4n) is 2.36. The van der Waals surface area contributed by atoms with Crippen LogP contribution < -0.4 is 4.74 Å². The molecular formula is C19H19BrO4. The molecule has 5 heteroatoms. The van der Waals surface area contributed by atoms with Crippen molar-refractivity contribution in [3.05, 3.63) is 62.6 Å². The topological polar surface area (TPSA) is 52.6 Å². The Balaban J connectivity index is 2.32. The number of Topliss-reactive ketones (excluding diaryl/α,β-unsaturated/α-hetero) is 1. The van der Waals surface area contributed by atoms with Crippen molar-refractivity contribution >= 4 is 27.7 Å². The zero-order valence-corrected chi connectivity index (χ0v) is 15.7. The highest BCUT2D eigenvalue weighted by molar-refractivity contribution is 9.10. The Labute approximate surface area is 149 Å². The van der Waals surface area contributed by atoms with Gasteiger partial charge in [0.2, 0.25) is 0 Å². The van der Waals surface area contributed by atoms with Crippen molar-refractivity contribution in [1.82, 2.24) is 0 Å². The average molecular weight is 391 g/mol. The highest BCUT2D eigenvalue weighted by Crippen LogP contribution is 2.27. The van der Waals surface area contributed by atoms with Gasteiger partial charge in [0.1, 0.15) is 12.4 Å². The lowest BCUT2D eigenvalue weighted by Crippen LogP contribution is -2.18. The summed E-state index contributed by atoms with van der Waals surface area (Å²) < 4.78 is 11.1. The lowest BCUT2D eigenvalue weighted by Gasteiger charge is -2.14. The van der Waals surface area contributed by atoms with E-state index in [0.717, 1.165) is 16.9 Å². The molecule has 0 radical (unpaired) electrons. The lowest BCUT2D eigenvalue weighted by molar-refractivity contribution is -0.135. The number of rotatable bonds is 5. The molecule has 0 aliphatic rings. The van der Waals surface area contributed by atoms with Crippen LogP contribution in [-0.4, -0.2) is 18.9 Å². The molecule has 0 unspecified atom stereocenters. The zero-order chi connectivity index (χ0) is 17.9. The number of benzene rings is 2. The third-order valence-electron chi connectivity index (χ3n) is 3.90. The minimum atomic E-state index is -0.892. The summed E-state index contributed by atoms with van der Waals surface area (Å²) in [6.45, 7) is 6.21. The summed E-state index contributed by atoms with van der Waals surface area (Å²) in [5, 5.41) is 0. The van der Waals surface area contributed by atoms with Gasteiger partial charge in [0, 0.05) is 15.6 Å². The van der Waals surface area contributed by atoms with Gasteiger partial charge < -0.3 is 9.47 Å². The Hall–Kier alpha value is -2.14. The summed E-state index contributed by atoms with van der Waals surface area (Å²) in [4.78, 5) is 23.7. The molecule has 0 saturated carbocycles. The highest BCUT2D eigenvalue weighted by atomic mass is 79.9. The van der Waals surface area contributed by atoms with Crippen molar-refractivity contribution in [3.8, 4) is 5.75 Å². The molecule has 0 atom stereocenters. The standard InChI is InChI=1S/C19H19BrO4/c1-11-8-13(3)17(9-12(11)2)24-10-15-14(6-5-7-16(15)20)18(21)19(22)23-4/h5-9H,10H2,1-4H3. The van der Waals surface area contributed by atoms with Crippen LogP contribution >= 0.6 is 15.9 Å². The van der Waals surface area contributed by atoms with Crippen LogP contribution in [0.5, 0.6) is 5.75 Å². The molecule has 0 heterocycles. The van der Waals surface area contributed by atoms with Gasteiger partial charge in [-0.05, 0) is 49.6 Å². The van der Waals surface area contributed by atoms with E-state index in [-0.39, 0.29) is 12.2 Å². The number of carbonyl (C=O) groups is 2. The van der Waals surface area contributed by atoms with Gasteiger partial charge in [0.15, 0.2) is 0 Å². The summed E-state index contributed by atoms with van der Waals surface area (Å²) in [6.07, 6.45) is 0. The number of ether oxygens (including phenoxy) is 2. The Morgan fingerprint density at radius 2 is 1.71 bits per heavy atom. The molecule has 0 aliphatic carbocycles. The van der Waals surface area contributed by atoms with Gasteiger partial charge in [-0.25, -0.2) is 4.79 Å². The number of esters is 1. The molecule has 24 heavy (non-hydrogen) atoms. The number of halogens is 1. The SMILES string of the molecule is COC(=O)C(=O)c1cccc(Br)c1COc1cc(C)c(C)cc1C. The van der Waals surface area contributed by atoms with Gasteiger partial charge in [-0.3, -0.25) is 4.79 Å². The number of hydrogen-bond donors (Lipinski definition) is 0. The first-order chi connectivity index (χ1) is 11.3. The minimum Gasteiger partial charge on any atom is -0.489 e. The summed E-state index contributed by atoms with van der Waals surface area (Å²) in [7, 11) is 1.19. The first-order valence-electron chi connectivity index (χ1n) is 7.45. The Kier molecular flexibility index (Phi) is 5.78. The van der Waals surface area contributed by atoms with E-state index in [1.54, 1.807) is 18.2 Å². The summed E-state index contributed by atoms with van der Waals surface area (Å²) in [5.41, 5.74) is 4.24. The van der Waals surface area contributed by atoms with Gasteiger partial charge in [-0.15, -0.1) is 0 Å². The third kappa shape index (κ3) is 3.85. The first-order valence-corrected chi connectivity index (χ1v) is 8.25. The maximum Gasteiger partial charge on any atom is 0.379 e. The van der Waals surface area contributed by atoms with Crippen LogP contribution in [0.15, 0.2) is 34.8 Å². The smallest absolute Gasteiger partial charge is 0.379 e. The van der Waals surface area contributed by atoms with Crippen molar-refractivity contribution in [2.75, 3.05) is 7.11 Å². The van der Waals surface area contributed by atoms with Crippen LogP contribution in [0.4, 0.5) is 0 Å². The van der Waals surface area contributed by atoms with Gasteiger partial charge in [-0.2, -0.15) is 0 Å². The molecule has 0 aromatic heterocycles. The molecule has 2 aromatic carbocycles. The van der Waals surface area contributed by atoms with Gasteiger partial charge >= 0.3 is 5.97 Å². The number of ketones is 1. The largest absolute Gasteiger partial charge is 0.489 e. The van der Waals surface area contributed by atoms with Crippen LogP contribution in [-0.2, 0) is 16.1 Å². The van der Waals surface area contributed by atoms with E-state index < -0.39 is 11.8 Å². The van der Waals surface area contributed by atoms with Crippen molar-refractivity contribution in [2.24, 2.45) is 0 Å². The first kappa shape index (κ1) is 18.2. The molecular weight excluding hydrogens is 372 g/mol. The molecule has 2 aromatic rings. The number of methoxy groups -OCH3 is 1. The van der Waals surface area contributed by atoms with Crippen LogP contribution in [0.1, 0.15) is 32.6 Å². The van der Waals surface area contributed by atoms with Gasteiger partial charge in [0.05, 0.1) is 7.11 Å². The minimum absolute atomic E-state index is 0.169. The molecule has 0 spiro atoms. The summed E-state index contributed by atoms with van der Waals surface area (Å²) >= 11 is 3.42. The number of aryl methyl sites for hydroxylation is 3. The van der Waals surface area contributed by atoms with E-state index in [9.17, 15) is 9.59 Å². The molecule has 0 aliphatic heterocycles. The molecule has 2 rings (SSSR count). The second-order valence-corrected chi connectivity index (χ2v) is 6.43. The van der Waals surface area contributed by atoms with E-state index in [2.05, 4.69) is 26.7 Å². The van der Waals surface area contributed by atoms with Crippen LogP contribution in [0.2, 0.25) is 0 Å². The second kappa shape index (κ2) is 7.62. The Bertz CT molecular complexity index is 796. The van der Waals surface area contributed by atoms with Crippen molar-refractivity contribution in [2.45, 2.75) is 27.4 Å². The van der Waals surface area contributed by atoms with Crippen LogP contribution in [0, 0.1) is 20.8 Å². The molecule has 4 nitrogen and oxygen atoms in total. The predicted octanol–water partition coefficient (Wildman–Crippen LogP) is 4.31. The molecule has 0 bridgehead atoms. The monoisotopic (exact) mass is 390 g/mol. The van der Waals surface area contributed by atoms with E-state index in [1.165, 1.54) is 12.7 Å². The summed E-state index contributed by atoms with van der Waals surface area (Å²) in [5.74, 6) is -0.823. The average Bonchev–Trinajstić information content (AvgIpc) is 2.56. The fraction of sp³-hybridized carbons (Fsp3) is 0.263. The van der Waals surface area contributed by atoms with E-state index in [0.29, 0.717) is 10.0 Å². The van der Waals surface area contributed by atoms with Crippen molar-refractivity contribution in [3.63, 3.8) is 0 Å². The van der Waals surface area contributed by atoms with Crippen LogP contribution in [0.3, 0.4) is 0 Å². The fourth-order valence-corrected chi connectivity index (χ4v) is 2.84. The lowest BCUT2D eigenvalue weighted by atomic mass is 10.0. The van der Waals surface area contributed by atoms with E-state index in [1.807, 2.05) is 26.8 Å². The van der Waals surface area contributed by atoms with E-state index >= 15 is 0 Å². The quantitative estimate of drug-likeness (QED) is 0.433. The number of hydrogen-bond acceptors (Lipinski definition) is 4. The molecule has 0 fully saturated rings. The number of carbonyl (C=O) groups excluding carboxylic acids is 2. The highest BCUT2D eigenvalue weighted by Gasteiger charge is 2.22. The predicted molar refractivity (Wildman–Crippen MR) is 95.5 cm³/mol. The summed E-state index contributed by atoms with van der Waals surface area (Å²) in [6, 6.07) is 9.13. The molecule has 0 N–H and O–H groups in total. The normalized spacial score (nSPS) is 10.4. The molecule has 0 saturated heterocycles. The van der Waals surface area contributed by atoms with Crippen LogP contribution in [0.25, 0.3) is 0 Å². The van der Waals surface area contributed by atoms with E-state index in [4.69, 9.17) is 4.74 Å². The third-order valence-corrected chi connectivity index (χ3v) is 4.64. The maximum atomic E-state index is 12.2. The second-order valence-electron chi connectivity index (χ2n) is 5.58. The van der Waals surface area contributed by atoms with Gasteiger partial charge in [0.25, 0.3) is 5.78 Å². The Morgan fingerprint density at radius 3 is 2.38 bits per heavy atom. The van der Waals surface area contributed by atoms with Crippen molar-refractivity contribution < 1.29 is 19.1 Å². The zero-order valence-electron chi connectivity index (χ0n) is 14.1. The van der Waals surface area contributed by atoms with Gasteiger partial charge in [-0.1, -0.05) is 34.1 Å². The van der Waals surface area contributed by atoms with Crippen molar-refractivity contribution in [1.29, 1.82) is 0 Å². The Morgan fingerprint density at radius 1 is 1.04 bits per heavy atom. The maximum absolute atomic E-state index is 12.2. The molecule has 126 valence electrons.